The molecule has 0 saturated heterocycles. The first kappa shape index (κ1) is 12.8. The number of benzene rings is 1. The fourth-order valence-corrected chi connectivity index (χ4v) is 2.36. The van der Waals surface area contributed by atoms with E-state index in [-0.39, 0.29) is 10.7 Å². The molecule has 3 nitrogen and oxygen atoms in total. The molecule has 0 aromatic heterocycles. The van der Waals surface area contributed by atoms with Crippen LogP contribution < -0.4 is 5.32 Å². The number of nitriles is 1. The molecule has 1 aromatic carbocycles. The molecule has 0 spiro atoms. The zero-order valence-corrected chi connectivity index (χ0v) is 10.4. The summed E-state index contributed by atoms with van der Waals surface area (Å²) in [5.74, 6) is -1.02. The highest BCUT2D eigenvalue weighted by atomic mass is 35.5. The lowest BCUT2D eigenvalue weighted by Crippen LogP contribution is -2.32. The van der Waals surface area contributed by atoms with Gasteiger partial charge in [0.15, 0.2) is 0 Å². The summed E-state index contributed by atoms with van der Waals surface area (Å²) in [6, 6.07) is 6.09. The van der Waals surface area contributed by atoms with Crippen LogP contribution in [0, 0.1) is 22.6 Å². The van der Waals surface area contributed by atoms with Crippen molar-refractivity contribution < 1.29 is 9.18 Å². The van der Waals surface area contributed by atoms with Gasteiger partial charge < -0.3 is 5.32 Å². The Hall–Kier alpha value is -1.60. The standard InChI is InChI=1S/C13H12ClFN2O/c14-9-3-4-11(10(15)7-9)17-12(18)13(8-16)5-1-2-6-13/h3-4,7H,1-2,5-6H2,(H,17,18). The minimum Gasteiger partial charge on any atom is -0.322 e. The molecular formula is C13H12ClFN2O. The van der Waals surface area contributed by atoms with Crippen LogP contribution in [0.4, 0.5) is 10.1 Å². The van der Waals surface area contributed by atoms with E-state index < -0.39 is 17.1 Å². The Labute approximate surface area is 110 Å². The van der Waals surface area contributed by atoms with Crippen molar-refractivity contribution in [2.24, 2.45) is 5.41 Å². The smallest absolute Gasteiger partial charge is 0.244 e. The first-order valence-corrected chi connectivity index (χ1v) is 6.13. The molecule has 0 bridgehead atoms. The van der Waals surface area contributed by atoms with Crippen molar-refractivity contribution >= 4 is 23.2 Å². The average Bonchev–Trinajstić information content (AvgIpc) is 2.82. The molecule has 2 rings (SSSR count). The van der Waals surface area contributed by atoms with Crippen LogP contribution in [0.2, 0.25) is 5.02 Å². The molecular weight excluding hydrogens is 255 g/mol. The Kier molecular flexibility index (Phi) is 3.53. The van der Waals surface area contributed by atoms with Gasteiger partial charge in [0.05, 0.1) is 11.8 Å². The monoisotopic (exact) mass is 266 g/mol. The largest absolute Gasteiger partial charge is 0.322 e. The van der Waals surface area contributed by atoms with E-state index in [2.05, 4.69) is 11.4 Å². The third-order valence-corrected chi connectivity index (χ3v) is 3.52. The van der Waals surface area contributed by atoms with E-state index in [9.17, 15) is 9.18 Å². The molecule has 0 aliphatic heterocycles. The number of halogens is 2. The van der Waals surface area contributed by atoms with Gasteiger partial charge in [-0.25, -0.2) is 4.39 Å². The number of nitrogens with zero attached hydrogens (tertiary/aromatic N) is 1. The normalized spacial score (nSPS) is 17.2. The number of rotatable bonds is 2. The topological polar surface area (TPSA) is 52.9 Å². The third kappa shape index (κ3) is 2.32. The van der Waals surface area contributed by atoms with E-state index >= 15 is 0 Å². The second kappa shape index (κ2) is 4.95. The zero-order valence-electron chi connectivity index (χ0n) is 9.67. The van der Waals surface area contributed by atoms with E-state index in [4.69, 9.17) is 16.9 Å². The highest BCUT2D eigenvalue weighted by Gasteiger charge is 2.41. The lowest BCUT2D eigenvalue weighted by atomic mass is 9.87. The fourth-order valence-electron chi connectivity index (χ4n) is 2.20. The summed E-state index contributed by atoms with van der Waals surface area (Å²) < 4.78 is 13.5. The molecule has 0 heterocycles. The van der Waals surface area contributed by atoms with Crippen LogP contribution in [0.1, 0.15) is 25.7 Å². The van der Waals surface area contributed by atoms with E-state index in [1.54, 1.807) is 0 Å². The number of amides is 1. The molecule has 1 aromatic rings. The third-order valence-electron chi connectivity index (χ3n) is 3.29. The molecule has 1 fully saturated rings. The number of carbonyl (C=O) groups is 1. The number of hydrogen-bond acceptors (Lipinski definition) is 2. The van der Waals surface area contributed by atoms with Crippen molar-refractivity contribution in [3.63, 3.8) is 0 Å². The summed E-state index contributed by atoms with van der Waals surface area (Å²) in [5, 5.41) is 11.9. The second-order valence-electron chi connectivity index (χ2n) is 4.48. The average molecular weight is 267 g/mol. The summed E-state index contributed by atoms with van der Waals surface area (Å²) in [4.78, 5) is 12.1. The van der Waals surface area contributed by atoms with Crippen molar-refractivity contribution in [2.75, 3.05) is 5.32 Å². The van der Waals surface area contributed by atoms with Crippen LogP contribution in [0.25, 0.3) is 0 Å². The van der Waals surface area contributed by atoms with Crippen molar-refractivity contribution in [1.82, 2.24) is 0 Å². The summed E-state index contributed by atoms with van der Waals surface area (Å²) in [6.07, 6.45) is 2.77. The van der Waals surface area contributed by atoms with Crippen LogP contribution in [-0.4, -0.2) is 5.91 Å². The molecule has 0 atom stereocenters. The Morgan fingerprint density at radius 2 is 2.11 bits per heavy atom. The zero-order chi connectivity index (χ0) is 13.2. The summed E-state index contributed by atoms with van der Waals surface area (Å²) in [5.41, 5.74) is -0.947. The Morgan fingerprint density at radius 1 is 1.44 bits per heavy atom. The van der Waals surface area contributed by atoms with E-state index in [1.165, 1.54) is 12.1 Å². The van der Waals surface area contributed by atoms with Gasteiger partial charge in [-0.15, -0.1) is 0 Å². The van der Waals surface area contributed by atoms with Crippen molar-refractivity contribution in [3.05, 3.63) is 29.0 Å². The molecule has 94 valence electrons. The van der Waals surface area contributed by atoms with Gasteiger partial charge in [0.25, 0.3) is 0 Å². The van der Waals surface area contributed by atoms with Gasteiger partial charge in [0.2, 0.25) is 5.91 Å². The molecule has 0 radical (unpaired) electrons. The molecule has 18 heavy (non-hydrogen) atoms. The maximum Gasteiger partial charge on any atom is 0.244 e. The van der Waals surface area contributed by atoms with Crippen LogP contribution in [0.15, 0.2) is 18.2 Å². The van der Waals surface area contributed by atoms with Crippen LogP contribution in [0.3, 0.4) is 0 Å². The quantitative estimate of drug-likeness (QED) is 0.891. The predicted molar refractivity (Wildman–Crippen MR) is 66.6 cm³/mol. The maximum atomic E-state index is 13.5. The second-order valence-corrected chi connectivity index (χ2v) is 4.92. The van der Waals surface area contributed by atoms with Crippen LogP contribution in [-0.2, 0) is 4.79 Å². The van der Waals surface area contributed by atoms with Gasteiger partial charge in [0.1, 0.15) is 11.2 Å². The lowest BCUT2D eigenvalue weighted by molar-refractivity contribution is -0.122. The lowest BCUT2D eigenvalue weighted by Gasteiger charge is -2.19. The predicted octanol–water partition coefficient (Wildman–Crippen LogP) is 3.50. The van der Waals surface area contributed by atoms with Crippen molar-refractivity contribution in [2.45, 2.75) is 25.7 Å². The van der Waals surface area contributed by atoms with Gasteiger partial charge in [0, 0.05) is 5.02 Å². The van der Waals surface area contributed by atoms with Gasteiger partial charge >= 0.3 is 0 Å². The van der Waals surface area contributed by atoms with Gasteiger partial charge in [-0.1, -0.05) is 24.4 Å². The molecule has 0 unspecified atom stereocenters. The highest BCUT2D eigenvalue weighted by Crippen LogP contribution is 2.38. The van der Waals surface area contributed by atoms with E-state index in [0.29, 0.717) is 12.8 Å². The highest BCUT2D eigenvalue weighted by molar-refractivity contribution is 6.30. The minimum absolute atomic E-state index is 0.0610. The number of hydrogen-bond donors (Lipinski definition) is 1. The van der Waals surface area contributed by atoms with Gasteiger partial charge in [-0.05, 0) is 31.0 Å². The van der Waals surface area contributed by atoms with E-state index in [0.717, 1.165) is 18.9 Å². The van der Waals surface area contributed by atoms with Crippen LogP contribution >= 0.6 is 11.6 Å². The van der Waals surface area contributed by atoms with E-state index in [1.807, 2.05) is 0 Å². The first-order chi connectivity index (χ1) is 8.57. The molecule has 1 saturated carbocycles. The Morgan fingerprint density at radius 3 is 2.67 bits per heavy atom. The summed E-state index contributed by atoms with van der Waals surface area (Å²) in [7, 11) is 0. The molecule has 1 amide bonds. The molecule has 1 aliphatic carbocycles. The summed E-state index contributed by atoms with van der Waals surface area (Å²) >= 11 is 5.63. The molecule has 5 heteroatoms. The van der Waals surface area contributed by atoms with Crippen LogP contribution in [0.5, 0.6) is 0 Å². The maximum absolute atomic E-state index is 13.5. The minimum atomic E-state index is -1.01. The SMILES string of the molecule is N#CC1(C(=O)Nc2ccc(Cl)cc2F)CCCC1. The van der Waals surface area contributed by atoms with Gasteiger partial charge in [-0.3, -0.25) is 4.79 Å². The molecule has 1 aliphatic rings. The molecule has 1 N–H and O–H groups in total. The number of anilines is 1. The van der Waals surface area contributed by atoms with Crippen molar-refractivity contribution in [3.8, 4) is 6.07 Å². The fraction of sp³-hybridized carbons (Fsp3) is 0.385. The summed E-state index contributed by atoms with van der Waals surface area (Å²) in [6.45, 7) is 0. The number of nitrogens with one attached hydrogen (secondary N) is 1. The number of carbonyl (C=O) groups excluding carboxylic acids is 1. The van der Waals surface area contributed by atoms with Gasteiger partial charge in [-0.2, -0.15) is 5.26 Å². The Balaban J connectivity index is 2.19. The first-order valence-electron chi connectivity index (χ1n) is 5.75. The Bertz CT molecular complexity index is 518. The van der Waals surface area contributed by atoms with Crippen molar-refractivity contribution in [1.29, 1.82) is 5.26 Å².